The fraction of sp³-hybridized carbons (Fsp3) is 0.429. The van der Waals surface area contributed by atoms with Crippen molar-refractivity contribution in [3.05, 3.63) is 46.8 Å². The molecule has 1 saturated carbocycles. The van der Waals surface area contributed by atoms with Crippen molar-refractivity contribution in [2.45, 2.75) is 52.1 Å². The number of benzene rings is 1. The Labute approximate surface area is 158 Å². The molecule has 0 bridgehead atoms. The van der Waals surface area contributed by atoms with E-state index in [0.29, 0.717) is 23.7 Å². The van der Waals surface area contributed by atoms with Gasteiger partial charge in [0.05, 0.1) is 4.88 Å². The minimum atomic E-state index is 0.607. The van der Waals surface area contributed by atoms with Gasteiger partial charge in [0.1, 0.15) is 0 Å². The third kappa shape index (κ3) is 4.05. The fourth-order valence-corrected chi connectivity index (χ4v) is 4.23. The van der Waals surface area contributed by atoms with Gasteiger partial charge < -0.3 is 9.84 Å². The van der Waals surface area contributed by atoms with Gasteiger partial charge in [0, 0.05) is 23.0 Å². The molecule has 4 rings (SSSR count). The second-order valence-corrected chi connectivity index (χ2v) is 8.66. The van der Waals surface area contributed by atoms with Gasteiger partial charge in [-0.1, -0.05) is 49.7 Å². The predicted molar refractivity (Wildman–Crippen MR) is 106 cm³/mol. The predicted octanol–water partition coefficient (Wildman–Crippen LogP) is 5.31. The molecule has 5 heteroatoms. The Morgan fingerprint density at radius 2 is 1.96 bits per heavy atom. The highest BCUT2D eigenvalue weighted by Gasteiger charge is 2.16. The standard InChI is InChI=1S/C21H25N3OS/c1-14(2)12-18-10-11-19(26-18)21-23-20(24-25-21)16-8-6-15(7-9-16)13-22-17-4-3-5-17/h6-11,14,17,22H,3-5,12-13H2,1-2H3. The molecule has 0 spiro atoms. The molecule has 1 aliphatic rings. The highest BCUT2D eigenvalue weighted by Crippen LogP contribution is 2.30. The number of rotatable bonds is 7. The van der Waals surface area contributed by atoms with Gasteiger partial charge in [-0.05, 0) is 42.9 Å². The summed E-state index contributed by atoms with van der Waals surface area (Å²) in [5, 5.41) is 7.75. The zero-order chi connectivity index (χ0) is 17.9. The summed E-state index contributed by atoms with van der Waals surface area (Å²) in [6.45, 7) is 5.39. The number of nitrogens with one attached hydrogen (secondary N) is 1. The van der Waals surface area contributed by atoms with Crippen LogP contribution in [0.4, 0.5) is 0 Å². The summed E-state index contributed by atoms with van der Waals surface area (Å²) in [6.07, 6.45) is 5.07. The van der Waals surface area contributed by atoms with E-state index in [-0.39, 0.29) is 0 Å². The molecule has 2 heterocycles. The van der Waals surface area contributed by atoms with Gasteiger partial charge >= 0.3 is 0 Å². The topological polar surface area (TPSA) is 51.0 Å². The Morgan fingerprint density at radius 1 is 1.15 bits per heavy atom. The monoisotopic (exact) mass is 367 g/mol. The van der Waals surface area contributed by atoms with E-state index in [9.17, 15) is 0 Å². The first kappa shape index (κ1) is 17.4. The largest absolute Gasteiger partial charge is 0.333 e. The van der Waals surface area contributed by atoms with E-state index in [2.05, 4.69) is 65.7 Å². The molecule has 1 N–H and O–H groups in total. The van der Waals surface area contributed by atoms with Gasteiger partial charge in [0.15, 0.2) is 0 Å². The van der Waals surface area contributed by atoms with Gasteiger partial charge in [-0.25, -0.2) is 0 Å². The van der Waals surface area contributed by atoms with Crippen LogP contribution in [0.3, 0.4) is 0 Å². The molecular formula is C21H25N3OS. The summed E-state index contributed by atoms with van der Waals surface area (Å²) in [5.74, 6) is 1.91. The van der Waals surface area contributed by atoms with Crippen LogP contribution in [0.25, 0.3) is 22.2 Å². The molecule has 1 aliphatic carbocycles. The molecule has 1 fully saturated rings. The third-order valence-corrected chi connectivity index (χ3v) is 5.92. The van der Waals surface area contributed by atoms with E-state index >= 15 is 0 Å². The van der Waals surface area contributed by atoms with Crippen LogP contribution in [0.2, 0.25) is 0 Å². The van der Waals surface area contributed by atoms with Gasteiger partial charge in [-0.3, -0.25) is 0 Å². The summed E-state index contributed by atoms with van der Waals surface area (Å²) >= 11 is 1.74. The molecule has 0 aliphatic heterocycles. The summed E-state index contributed by atoms with van der Waals surface area (Å²) in [7, 11) is 0. The molecule has 0 saturated heterocycles. The van der Waals surface area contributed by atoms with Crippen LogP contribution in [0.15, 0.2) is 40.9 Å². The van der Waals surface area contributed by atoms with Crippen LogP contribution in [0.1, 0.15) is 43.6 Å². The van der Waals surface area contributed by atoms with Crippen LogP contribution in [0.5, 0.6) is 0 Å². The Morgan fingerprint density at radius 3 is 2.65 bits per heavy atom. The molecule has 2 aromatic heterocycles. The maximum absolute atomic E-state index is 5.49. The molecule has 0 atom stereocenters. The van der Waals surface area contributed by atoms with E-state index < -0.39 is 0 Å². The van der Waals surface area contributed by atoms with Crippen LogP contribution in [-0.4, -0.2) is 16.2 Å². The van der Waals surface area contributed by atoms with Crippen molar-refractivity contribution in [2.24, 2.45) is 5.92 Å². The number of hydrogen-bond donors (Lipinski definition) is 1. The first-order valence-electron chi connectivity index (χ1n) is 9.43. The van der Waals surface area contributed by atoms with Gasteiger partial charge in [-0.2, -0.15) is 4.98 Å². The summed E-state index contributed by atoms with van der Waals surface area (Å²) in [6, 6.07) is 13.4. The van der Waals surface area contributed by atoms with Gasteiger partial charge in [0.25, 0.3) is 5.89 Å². The van der Waals surface area contributed by atoms with E-state index in [1.54, 1.807) is 11.3 Å². The zero-order valence-electron chi connectivity index (χ0n) is 15.4. The SMILES string of the molecule is CC(C)Cc1ccc(-c2nc(-c3ccc(CNC4CCC4)cc3)no2)s1. The second-order valence-electron chi connectivity index (χ2n) is 7.49. The van der Waals surface area contributed by atoms with E-state index in [0.717, 1.165) is 23.4 Å². The minimum absolute atomic E-state index is 0.607. The smallest absolute Gasteiger partial charge is 0.268 e. The first-order valence-corrected chi connectivity index (χ1v) is 10.2. The molecule has 136 valence electrons. The number of thiophene rings is 1. The lowest BCUT2D eigenvalue weighted by Crippen LogP contribution is -2.34. The van der Waals surface area contributed by atoms with E-state index in [1.807, 2.05) is 0 Å². The van der Waals surface area contributed by atoms with Gasteiger partial charge in [0.2, 0.25) is 5.82 Å². The maximum Gasteiger partial charge on any atom is 0.268 e. The lowest BCUT2D eigenvalue weighted by atomic mass is 9.93. The van der Waals surface area contributed by atoms with Crippen molar-refractivity contribution in [1.82, 2.24) is 15.5 Å². The van der Waals surface area contributed by atoms with Gasteiger partial charge in [-0.15, -0.1) is 11.3 Å². The van der Waals surface area contributed by atoms with Crippen molar-refractivity contribution in [3.63, 3.8) is 0 Å². The van der Waals surface area contributed by atoms with Crippen molar-refractivity contribution < 1.29 is 4.52 Å². The molecular weight excluding hydrogens is 342 g/mol. The summed E-state index contributed by atoms with van der Waals surface area (Å²) < 4.78 is 5.49. The molecule has 26 heavy (non-hydrogen) atoms. The highest BCUT2D eigenvalue weighted by atomic mass is 32.1. The maximum atomic E-state index is 5.49. The average molecular weight is 368 g/mol. The van der Waals surface area contributed by atoms with Crippen molar-refractivity contribution in [1.29, 1.82) is 0 Å². The van der Waals surface area contributed by atoms with E-state index in [1.165, 1.54) is 29.7 Å². The molecule has 1 aromatic carbocycles. The average Bonchev–Trinajstić information content (AvgIpc) is 3.23. The molecule has 0 radical (unpaired) electrons. The van der Waals surface area contributed by atoms with Crippen LogP contribution < -0.4 is 5.32 Å². The van der Waals surface area contributed by atoms with Crippen molar-refractivity contribution >= 4 is 11.3 Å². The number of nitrogens with zero attached hydrogens (tertiary/aromatic N) is 2. The lowest BCUT2D eigenvalue weighted by molar-refractivity contribution is 0.338. The van der Waals surface area contributed by atoms with Crippen LogP contribution >= 0.6 is 11.3 Å². The Kier molecular flexibility index (Phi) is 5.18. The van der Waals surface area contributed by atoms with Crippen LogP contribution in [-0.2, 0) is 13.0 Å². The molecule has 0 amide bonds. The van der Waals surface area contributed by atoms with E-state index in [4.69, 9.17) is 4.52 Å². The van der Waals surface area contributed by atoms with Crippen LogP contribution in [0, 0.1) is 5.92 Å². The molecule has 4 nitrogen and oxygen atoms in total. The molecule has 0 unspecified atom stereocenters. The Bertz CT molecular complexity index is 846. The summed E-state index contributed by atoms with van der Waals surface area (Å²) in [4.78, 5) is 6.99. The zero-order valence-corrected chi connectivity index (χ0v) is 16.2. The van der Waals surface area contributed by atoms with Crippen molar-refractivity contribution in [2.75, 3.05) is 0 Å². The Balaban J connectivity index is 1.42. The summed E-state index contributed by atoms with van der Waals surface area (Å²) in [5.41, 5.74) is 2.28. The third-order valence-electron chi connectivity index (χ3n) is 4.82. The first-order chi connectivity index (χ1) is 12.7. The second kappa shape index (κ2) is 7.72. The normalized spacial score (nSPS) is 14.7. The fourth-order valence-electron chi connectivity index (χ4n) is 3.09. The number of hydrogen-bond acceptors (Lipinski definition) is 5. The highest BCUT2D eigenvalue weighted by molar-refractivity contribution is 7.15. The molecule has 3 aromatic rings. The lowest BCUT2D eigenvalue weighted by Gasteiger charge is -2.26. The Hall–Kier alpha value is -1.98. The number of aromatic nitrogens is 2. The minimum Gasteiger partial charge on any atom is -0.333 e. The van der Waals surface area contributed by atoms with Crippen molar-refractivity contribution in [3.8, 4) is 22.2 Å². The quantitative estimate of drug-likeness (QED) is 0.615.